The molecule has 90 valence electrons. The van der Waals surface area contributed by atoms with Crippen molar-refractivity contribution in [3.63, 3.8) is 0 Å². The highest BCUT2D eigenvalue weighted by Gasteiger charge is 1.96. The number of hydrogen-bond donors (Lipinski definition) is 0. The minimum atomic E-state index is 0.912. The fourth-order valence-electron chi connectivity index (χ4n) is 1.80. The zero-order valence-electron chi connectivity index (χ0n) is 11.0. The average Bonchev–Trinajstić information content (AvgIpc) is 2.37. The van der Waals surface area contributed by atoms with Crippen LogP contribution in [0.2, 0.25) is 0 Å². The summed E-state index contributed by atoms with van der Waals surface area (Å²) in [5.41, 5.74) is 2.75. The Morgan fingerprint density at radius 1 is 1.18 bits per heavy atom. The van der Waals surface area contributed by atoms with Crippen molar-refractivity contribution in [2.24, 2.45) is 0 Å². The molecule has 0 saturated heterocycles. The highest BCUT2D eigenvalue weighted by molar-refractivity contribution is 5.53. The van der Waals surface area contributed by atoms with Crippen LogP contribution in [0.4, 0.5) is 0 Å². The Morgan fingerprint density at radius 3 is 2.59 bits per heavy atom. The second-order valence-electron chi connectivity index (χ2n) is 4.27. The van der Waals surface area contributed by atoms with Gasteiger partial charge in [0, 0.05) is 6.42 Å². The van der Waals surface area contributed by atoms with E-state index in [0.29, 0.717) is 0 Å². The molecule has 1 aromatic rings. The van der Waals surface area contributed by atoms with Gasteiger partial charge in [0.1, 0.15) is 0 Å². The summed E-state index contributed by atoms with van der Waals surface area (Å²) in [5, 5.41) is 0. The molecule has 0 aromatic heterocycles. The van der Waals surface area contributed by atoms with Crippen molar-refractivity contribution in [1.82, 2.24) is 0 Å². The zero-order chi connectivity index (χ0) is 12.3. The van der Waals surface area contributed by atoms with E-state index in [1.54, 1.807) is 0 Å². The predicted molar refractivity (Wildman–Crippen MR) is 76.6 cm³/mol. The Bertz CT molecular complexity index is 387. The number of allylic oxidation sites excluding steroid dienone is 1. The van der Waals surface area contributed by atoms with Gasteiger partial charge in [-0.3, -0.25) is 0 Å². The van der Waals surface area contributed by atoms with Crippen LogP contribution in [0.5, 0.6) is 0 Å². The molecule has 0 aliphatic heterocycles. The molecule has 0 saturated carbocycles. The number of unbranched alkanes of at least 4 members (excludes halogenated alkanes) is 2. The van der Waals surface area contributed by atoms with Gasteiger partial charge in [0.05, 0.1) is 0 Å². The smallest absolute Gasteiger partial charge is 0.0302 e. The summed E-state index contributed by atoms with van der Waals surface area (Å²) >= 11 is 0. The van der Waals surface area contributed by atoms with Gasteiger partial charge in [-0.25, -0.2) is 0 Å². The normalized spacial score (nSPS) is 10.8. The van der Waals surface area contributed by atoms with Crippen molar-refractivity contribution in [1.29, 1.82) is 0 Å². The van der Waals surface area contributed by atoms with E-state index < -0.39 is 0 Å². The molecule has 0 aliphatic carbocycles. The minimum Gasteiger partial charge on any atom is -0.106 e. The summed E-state index contributed by atoms with van der Waals surface area (Å²) in [6, 6.07) is 10.5. The van der Waals surface area contributed by atoms with Crippen molar-refractivity contribution in [2.75, 3.05) is 0 Å². The van der Waals surface area contributed by atoms with Crippen LogP contribution in [0.15, 0.2) is 35.9 Å². The van der Waals surface area contributed by atoms with E-state index in [1.807, 2.05) is 6.92 Å². The third-order valence-electron chi connectivity index (χ3n) is 2.76. The largest absolute Gasteiger partial charge is 0.106 e. The first-order valence-electron chi connectivity index (χ1n) is 6.51. The second kappa shape index (κ2) is 8.65. The molecule has 0 amide bonds. The Kier molecular flexibility index (Phi) is 6.91. The van der Waals surface area contributed by atoms with Gasteiger partial charge in [0.15, 0.2) is 0 Å². The van der Waals surface area contributed by atoms with Crippen LogP contribution >= 0.6 is 0 Å². The molecule has 0 radical (unpaired) electrons. The fraction of sp³-hybridized carbons (Fsp3) is 0.412. The van der Waals surface area contributed by atoms with Crippen LogP contribution < -0.4 is 0 Å². The van der Waals surface area contributed by atoms with Gasteiger partial charge in [0.25, 0.3) is 0 Å². The number of rotatable bonds is 6. The van der Waals surface area contributed by atoms with E-state index in [4.69, 9.17) is 0 Å². The first-order chi connectivity index (χ1) is 8.36. The lowest BCUT2D eigenvalue weighted by Crippen LogP contribution is -1.84. The summed E-state index contributed by atoms with van der Waals surface area (Å²) in [6.45, 7) is 4.15. The van der Waals surface area contributed by atoms with E-state index in [-0.39, 0.29) is 0 Å². The first-order valence-corrected chi connectivity index (χ1v) is 6.51. The molecule has 0 unspecified atom stereocenters. The van der Waals surface area contributed by atoms with Crippen LogP contribution in [0.3, 0.4) is 0 Å². The first kappa shape index (κ1) is 13.6. The van der Waals surface area contributed by atoms with Crippen molar-refractivity contribution in [2.45, 2.75) is 46.0 Å². The second-order valence-corrected chi connectivity index (χ2v) is 4.27. The van der Waals surface area contributed by atoms with Gasteiger partial charge in [-0.1, -0.05) is 67.7 Å². The summed E-state index contributed by atoms with van der Waals surface area (Å²) in [6.07, 6.45) is 8.25. The molecule has 0 heteroatoms. The van der Waals surface area contributed by atoms with Gasteiger partial charge in [-0.2, -0.15) is 0 Å². The van der Waals surface area contributed by atoms with Crippen LogP contribution in [0.1, 0.15) is 51.5 Å². The fourth-order valence-corrected chi connectivity index (χ4v) is 1.80. The SMILES string of the molecule is CC#CC/C(=C\c1ccccc1)CCCCC. The Labute approximate surface area is 106 Å². The lowest BCUT2D eigenvalue weighted by Gasteiger charge is -2.04. The molecule has 0 spiro atoms. The quantitative estimate of drug-likeness (QED) is 0.469. The molecule has 17 heavy (non-hydrogen) atoms. The molecule has 0 atom stereocenters. The summed E-state index contributed by atoms with van der Waals surface area (Å²) < 4.78 is 0. The number of benzene rings is 1. The highest BCUT2D eigenvalue weighted by Crippen LogP contribution is 2.16. The molecule has 0 aliphatic rings. The Balaban J connectivity index is 2.66. The van der Waals surface area contributed by atoms with Gasteiger partial charge in [-0.05, 0) is 25.3 Å². The van der Waals surface area contributed by atoms with E-state index in [1.165, 1.54) is 36.8 Å². The maximum Gasteiger partial charge on any atom is 0.0302 e. The monoisotopic (exact) mass is 226 g/mol. The Hall–Kier alpha value is -1.48. The highest BCUT2D eigenvalue weighted by atomic mass is 14.0. The van der Waals surface area contributed by atoms with Gasteiger partial charge >= 0.3 is 0 Å². The molecule has 1 rings (SSSR count). The van der Waals surface area contributed by atoms with Crippen LogP contribution in [-0.4, -0.2) is 0 Å². The van der Waals surface area contributed by atoms with E-state index in [0.717, 1.165) is 6.42 Å². The molecule has 0 fully saturated rings. The average molecular weight is 226 g/mol. The lowest BCUT2D eigenvalue weighted by molar-refractivity contribution is 0.710. The zero-order valence-corrected chi connectivity index (χ0v) is 11.0. The van der Waals surface area contributed by atoms with E-state index in [2.05, 4.69) is 55.2 Å². The van der Waals surface area contributed by atoms with Gasteiger partial charge in [-0.15, -0.1) is 5.92 Å². The standard InChI is InChI=1S/C17H22/c1-3-5-8-12-16(11-6-4-2)15-17-13-9-7-10-14-17/h7,9-10,13-15H,3,5,8,11-12H2,1-2H3/b16-15+. The summed E-state index contributed by atoms with van der Waals surface area (Å²) in [4.78, 5) is 0. The van der Waals surface area contributed by atoms with Crippen molar-refractivity contribution >= 4 is 6.08 Å². The minimum absolute atomic E-state index is 0.912. The van der Waals surface area contributed by atoms with Crippen molar-refractivity contribution in [3.8, 4) is 11.8 Å². The third-order valence-corrected chi connectivity index (χ3v) is 2.76. The molecule has 0 heterocycles. The molecular weight excluding hydrogens is 204 g/mol. The summed E-state index contributed by atoms with van der Waals surface area (Å²) in [7, 11) is 0. The van der Waals surface area contributed by atoms with Crippen molar-refractivity contribution in [3.05, 3.63) is 41.5 Å². The molecule has 1 aromatic carbocycles. The Morgan fingerprint density at radius 2 is 1.94 bits per heavy atom. The molecule has 0 bridgehead atoms. The topological polar surface area (TPSA) is 0 Å². The lowest BCUT2D eigenvalue weighted by atomic mass is 10.0. The van der Waals surface area contributed by atoms with E-state index in [9.17, 15) is 0 Å². The molecule has 0 N–H and O–H groups in total. The van der Waals surface area contributed by atoms with Gasteiger partial charge < -0.3 is 0 Å². The van der Waals surface area contributed by atoms with Crippen LogP contribution in [0, 0.1) is 11.8 Å². The van der Waals surface area contributed by atoms with Crippen molar-refractivity contribution < 1.29 is 0 Å². The van der Waals surface area contributed by atoms with Crippen LogP contribution in [0.25, 0.3) is 6.08 Å². The summed E-state index contributed by atoms with van der Waals surface area (Å²) in [5.74, 6) is 6.16. The third kappa shape index (κ3) is 5.97. The maximum absolute atomic E-state index is 3.18. The maximum atomic E-state index is 3.18. The molecule has 0 nitrogen and oxygen atoms in total. The molecular formula is C17H22. The van der Waals surface area contributed by atoms with Gasteiger partial charge in [0.2, 0.25) is 0 Å². The predicted octanol–water partition coefficient (Wildman–Crippen LogP) is 5.06. The van der Waals surface area contributed by atoms with E-state index >= 15 is 0 Å². The van der Waals surface area contributed by atoms with Crippen LogP contribution in [-0.2, 0) is 0 Å². The number of hydrogen-bond acceptors (Lipinski definition) is 0.